The van der Waals surface area contributed by atoms with Crippen LogP contribution in [-0.2, 0) is 16.0 Å². The SMILES string of the molecule is CCOCC1CCN(C(=O)Cc2ccnc(OC)c2)C1. The largest absolute Gasteiger partial charge is 0.481 e. The Bertz CT molecular complexity index is 450. The smallest absolute Gasteiger partial charge is 0.227 e. The Kier molecular flexibility index (Phi) is 5.35. The first-order valence-electron chi connectivity index (χ1n) is 7.07. The molecule has 1 atom stereocenters. The van der Waals surface area contributed by atoms with Crippen LogP contribution >= 0.6 is 0 Å². The summed E-state index contributed by atoms with van der Waals surface area (Å²) in [6, 6.07) is 3.67. The molecule has 0 saturated carbocycles. The van der Waals surface area contributed by atoms with Gasteiger partial charge in [-0.1, -0.05) is 0 Å². The molecular formula is C15H22N2O3. The molecule has 1 aromatic rings. The fourth-order valence-corrected chi connectivity index (χ4v) is 2.44. The van der Waals surface area contributed by atoms with Gasteiger partial charge < -0.3 is 14.4 Å². The maximum absolute atomic E-state index is 12.3. The van der Waals surface area contributed by atoms with Crippen molar-refractivity contribution in [2.75, 3.05) is 33.4 Å². The molecule has 110 valence electrons. The zero-order valence-electron chi connectivity index (χ0n) is 12.2. The van der Waals surface area contributed by atoms with Crippen molar-refractivity contribution in [2.45, 2.75) is 19.8 Å². The van der Waals surface area contributed by atoms with E-state index in [4.69, 9.17) is 9.47 Å². The fraction of sp³-hybridized carbons (Fsp3) is 0.600. The lowest BCUT2D eigenvalue weighted by Gasteiger charge is -2.16. The summed E-state index contributed by atoms with van der Waals surface area (Å²) in [6.45, 7) is 5.12. The first kappa shape index (κ1) is 14.8. The molecule has 1 aliphatic rings. The van der Waals surface area contributed by atoms with Crippen molar-refractivity contribution in [2.24, 2.45) is 5.92 Å². The van der Waals surface area contributed by atoms with E-state index < -0.39 is 0 Å². The average Bonchev–Trinajstić information content (AvgIpc) is 2.94. The number of rotatable bonds is 6. The highest BCUT2D eigenvalue weighted by Gasteiger charge is 2.26. The van der Waals surface area contributed by atoms with Gasteiger partial charge in [-0.15, -0.1) is 0 Å². The van der Waals surface area contributed by atoms with Gasteiger partial charge in [0.2, 0.25) is 11.8 Å². The number of hydrogen-bond acceptors (Lipinski definition) is 4. The zero-order chi connectivity index (χ0) is 14.4. The molecule has 0 N–H and O–H groups in total. The van der Waals surface area contributed by atoms with Crippen molar-refractivity contribution >= 4 is 5.91 Å². The van der Waals surface area contributed by atoms with E-state index in [1.165, 1.54) is 0 Å². The first-order valence-corrected chi connectivity index (χ1v) is 7.07. The third-order valence-electron chi connectivity index (χ3n) is 3.56. The van der Waals surface area contributed by atoms with Gasteiger partial charge in [0.25, 0.3) is 0 Å². The summed E-state index contributed by atoms with van der Waals surface area (Å²) in [6.07, 6.45) is 3.11. The molecule has 1 unspecified atom stereocenters. The van der Waals surface area contributed by atoms with Gasteiger partial charge in [0.15, 0.2) is 0 Å². The van der Waals surface area contributed by atoms with Crippen molar-refractivity contribution in [1.29, 1.82) is 0 Å². The first-order chi connectivity index (χ1) is 9.72. The standard InChI is InChI=1S/C15H22N2O3/c1-3-20-11-13-5-7-17(10-13)15(18)9-12-4-6-16-14(8-12)19-2/h4,6,8,13H,3,5,7,9-11H2,1-2H3. The van der Waals surface area contributed by atoms with Gasteiger partial charge in [0.05, 0.1) is 20.1 Å². The summed E-state index contributed by atoms with van der Waals surface area (Å²) in [5.74, 6) is 1.19. The second-order valence-electron chi connectivity index (χ2n) is 5.04. The maximum Gasteiger partial charge on any atom is 0.227 e. The molecule has 1 saturated heterocycles. The lowest BCUT2D eigenvalue weighted by molar-refractivity contribution is -0.129. The molecule has 0 radical (unpaired) electrons. The van der Waals surface area contributed by atoms with E-state index in [2.05, 4.69) is 4.98 Å². The quantitative estimate of drug-likeness (QED) is 0.791. The third-order valence-corrected chi connectivity index (χ3v) is 3.56. The lowest BCUT2D eigenvalue weighted by Crippen LogP contribution is -2.30. The van der Waals surface area contributed by atoms with E-state index in [9.17, 15) is 4.79 Å². The monoisotopic (exact) mass is 278 g/mol. The van der Waals surface area contributed by atoms with Gasteiger partial charge in [0, 0.05) is 37.9 Å². The van der Waals surface area contributed by atoms with Gasteiger partial charge in [-0.2, -0.15) is 0 Å². The number of carbonyl (C=O) groups is 1. The van der Waals surface area contributed by atoms with Crippen LogP contribution in [0.3, 0.4) is 0 Å². The molecule has 1 fully saturated rings. The van der Waals surface area contributed by atoms with Gasteiger partial charge in [-0.3, -0.25) is 4.79 Å². The number of likely N-dealkylation sites (tertiary alicyclic amines) is 1. The molecule has 1 amide bonds. The summed E-state index contributed by atoms with van der Waals surface area (Å²) in [5, 5.41) is 0. The minimum absolute atomic E-state index is 0.164. The Hall–Kier alpha value is -1.62. The molecule has 5 nitrogen and oxygen atoms in total. The van der Waals surface area contributed by atoms with Crippen LogP contribution in [0.2, 0.25) is 0 Å². The van der Waals surface area contributed by atoms with Crippen LogP contribution in [0, 0.1) is 5.92 Å². The molecule has 0 bridgehead atoms. The summed E-state index contributed by atoms with van der Waals surface area (Å²) in [4.78, 5) is 18.2. The average molecular weight is 278 g/mol. The molecule has 0 spiro atoms. The molecule has 1 aromatic heterocycles. The molecule has 2 rings (SSSR count). The number of ether oxygens (including phenoxy) is 2. The minimum Gasteiger partial charge on any atom is -0.481 e. The topological polar surface area (TPSA) is 51.7 Å². The van der Waals surface area contributed by atoms with Gasteiger partial charge in [-0.05, 0) is 25.0 Å². The van der Waals surface area contributed by atoms with E-state index in [0.717, 1.165) is 38.3 Å². The molecule has 0 aliphatic carbocycles. The molecule has 20 heavy (non-hydrogen) atoms. The number of amides is 1. The summed E-state index contributed by atoms with van der Waals surface area (Å²) in [5.41, 5.74) is 0.940. The summed E-state index contributed by atoms with van der Waals surface area (Å²) >= 11 is 0. The highest BCUT2D eigenvalue weighted by molar-refractivity contribution is 5.79. The fourth-order valence-electron chi connectivity index (χ4n) is 2.44. The van der Waals surface area contributed by atoms with Crippen molar-refractivity contribution in [3.8, 4) is 5.88 Å². The van der Waals surface area contributed by atoms with Crippen molar-refractivity contribution in [3.05, 3.63) is 23.9 Å². The number of nitrogens with zero attached hydrogens (tertiary/aromatic N) is 2. The van der Waals surface area contributed by atoms with Crippen LogP contribution in [0.15, 0.2) is 18.3 Å². The summed E-state index contributed by atoms with van der Waals surface area (Å²) < 4.78 is 10.5. The van der Waals surface area contributed by atoms with Crippen LogP contribution in [0.25, 0.3) is 0 Å². The van der Waals surface area contributed by atoms with Gasteiger partial charge in [-0.25, -0.2) is 4.98 Å². The van der Waals surface area contributed by atoms with Crippen molar-refractivity contribution in [3.63, 3.8) is 0 Å². The molecule has 1 aliphatic heterocycles. The number of pyridine rings is 1. The van der Waals surface area contributed by atoms with E-state index >= 15 is 0 Å². The number of hydrogen-bond donors (Lipinski definition) is 0. The van der Waals surface area contributed by atoms with Crippen LogP contribution in [0.1, 0.15) is 18.9 Å². The Morgan fingerprint density at radius 3 is 3.15 bits per heavy atom. The molecule has 0 aromatic carbocycles. The second-order valence-corrected chi connectivity index (χ2v) is 5.04. The summed E-state index contributed by atoms with van der Waals surface area (Å²) in [7, 11) is 1.58. The van der Waals surface area contributed by atoms with Crippen LogP contribution < -0.4 is 4.74 Å². The van der Waals surface area contributed by atoms with E-state index in [1.807, 2.05) is 24.0 Å². The predicted molar refractivity (Wildman–Crippen MR) is 75.7 cm³/mol. The Labute approximate surface area is 119 Å². The molecule has 2 heterocycles. The Morgan fingerprint density at radius 2 is 2.40 bits per heavy atom. The molecule has 5 heteroatoms. The number of carbonyl (C=O) groups excluding carboxylic acids is 1. The van der Waals surface area contributed by atoms with E-state index in [-0.39, 0.29) is 5.91 Å². The van der Waals surface area contributed by atoms with Crippen molar-refractivity contribution < 1.29 is 14.3 Å². The van der Waals surface area contributed by atoms with Crippen LogP contribution in [-0.4, -0.2) is 49.2 Å². The van der Waals surface area contributed by atoms with Crippen LogP contribution in [0.4, 0.5) is 0 Å². The number of methoxy groups -OCH3 is 1. The highest BCUT2D eigenvalue weighted by Crippen LogP contribution is 2.18. The normalized spacial score (nSPS) is 18.3. The lowest BCUT2D eigenvalue weighted by atomic mass is 10.1. The molecular weight excluding hydrogens is 256 g/mol. The van der Waals surface area contributed by atoms with E-state index in [1.54, 1.807) is 13.3 Å². The minimum atomic E-state index is 0.164. The predicted octanol–water partition coefficient (Wildman–Crippen LogP) is 1.52. The van der Waals surface area contributed by atoms with Gasteiger partial charge >= 0.3 is 0 Å². The zero-order valence-corrected chi connectivity index (χ0v) is 12.2. The highest BCUT2D eigenvalue weighted by atomic mass is 16.5. The number of aromatic nitrogens is 1. The van der Waals surface area contributed by atoms with Crippen molar-refractivity contribution in [1.82, 2.24) is 9.88 Å². The Balaban J connectivity index is 1.86. The maximum atomic E-state index is 12.3. The third kappa shape index (κ3) is 3.93. The van der Waals surface area contributed by atoms with E-state index in [0.29, 0.717) is 18.2 Å². The van der Waals surface area contributed by atoms with Gasteiger partial charge in [0.1, 0.15) is 0 Å². The Morgan fingerprint density at radius 1 is 1.55 bits per heavy atom. The second kappa shape index (κ2) is 7.24. The van der Waals surface area contributed by atoms with Crippen LogP contribution in [0.5, 0.6) is 5.88 Å².